The van der Waals surface area contributed by atoms with Gasteiger partial charge >= 0.3 is 0 Å². The molecular formula is C9H16N4O3. The number of nitrogens with zero attached hydrogens (tertiary/aromatic N) is 2. The van der Waals surface area contributed by atoms with Gasteiger partial charge in [-0.05, 0) is 0 Å². The highest BCUT2D eigenvalue weighted by atomic mass is 16.5. The summed E-state index contributed by atoms with van der Waals surface area (Å²) in [5.41, 5.74) is 0. The molecule has 0 aliphatic carbocycles. The second-order valence-corrected chi connectivity index (χ2v) is 3.12. The first-order valence-electron chi connectivity index (χ1n) is 5.04. The van der Waals surface area contributed by atoms with E-state index in [1.54, 1.807) is 7.11 Å². The Morgan fingerprint density at radius 1 is 1.56 bits per heavy atom. The van der Waals surface area contributed by atoms with Gasteiger partial charge in [-0.2, -0.15) is 4.98 Å². The van der Waals surface area contributed by atoms with Crippen molar-refractivity contribution in [1.29, 1.82) is 0 Å². The number of aromatic nitrogens is 2. The van der Waals surface area contributed by atoms with Gasteiger partial charge in [0.15, 0.2) is 5.82 Å². The summed E-state index contributed by atoms with van der Waals surface area (Å²) < 4.78 is 9.40. The van der Waals surface area contributed by atoms with Crippen LogP contribution in [0, 0.1) is 0 Å². The minimum Gasteiger partial charge on any atom is -0.383 e. The predicted octanol–water partition coefficient (Wildman–Crippen LogP) is -1.04. The van der Waals surface area contributed by atoms with Crippen LogP contribution in [0.5, 0.6) is 0 Å². The molecule has 0 aromatic carbocycles. The molecule has 0 saturated carbocycles. The predicted molar refractivity (Wildman–Crippen MR) is 55.8 cm³/mol. The molecule has 0 aliphatic heterocycles. The van der Waals surface area contributed by atoms with Crippen LogP contribution in [0.25, 0.3) is 0 Å². The standard InChI is InChI=1S/C9H16N4O3/c1-15-5-4-10-6-9(14)11-3-2-8-12-7-16-13-8/h7,10H,2-6H2,1H3,(H,11,14). The number of methoxy groups -OCH3 is 1. The van der Waals surface area contributed by atoms with Crippen LogP contribution >= 0.6 is 0 Å². The molecule has 0 radical (unpaired) electrons. The van der Waals surface area contributed by atoms with Crippen LogP contribution in [-0.2, 0) is 16.0 Å². The summed E-state index contributed by atoms with van der Waals surface area (Å²) in [7, 11) is 1.62. The summed E-state index contributed by atoms with van der Waals surface area (Å²) >= 11 is 0. The summed E-state index contributed by atoms with van der Waals surface area (Å²) in [5.74, 6) is 0.534. The molecule has 1 heterocycles. The smallest absolute Gasteiger partial charge is 0.233 e. The molecule has 0 spiro atoms. The Bertz CT molecular complexity index is 289. The van der Waals surface area contributed by atoms with E-state index in [2.05, 4.69) is 25.3 Å². The Morgan fingerprint density at radius 2 is 2.44 bits per heavy atom. The van der Waals surface area contributed by atoms with E-state index in [0.717, 1.165) is 0 Å². The van der Waals surface area contributed by atoms with Gasteiger partial charge in [0.2, 0.25) is 12.3 Å². The minimum atomic E-state index is -0.0559. The van der Waals surface area contributed by atoms with Crippen LogP contribution in [0.3, 0.4) is 0 Å². The van der Waals surface area contributed by atoms with Gasteiger partial charge in [0.25, 0.3) is 0 Å². The van der Waals surface area contributed by atoms with Crippen LogP contribution in [0.1, 0.15) is 5.82 Å². The molecule has 0 saturated heterocycles. The first-order chi connectivity index (χ1) is 7.83. The van der Waals surface area contributed by atoms with Crippen LogP contribution in [0.4, 0.5) is 0 Å². The summed E-state index contributed by atoms with van der Waals surface area (Å²) in [5, 5.41) is 9.31. The van der Waals surface area contributed by atoms with Gasteiger partial charge in [0.05, 0.1) is 13.2 Å². The van der Waals surface area contributed by atoms with Gasteiger partial charge in [0, 0.05) is 26.6 Å². The summed E-state index contributed by atoms with van der Waals surface area (Å²) in [4.78, 5) is 15.1. The van der Waals surface area contributed by atoms with E-state index in [1.165, 1.54) is 6.39 Å². The number of rotatable bonds is 8. The lowest BCUT2D eigenvalue weighted by Gasteiger charge is -2.04. The number of carbonyl (C=O) groups excluding carboxylic acids is 1. The molecule has 0 bridgehead atoms. The first kappa shape index (κ1) is 12.6. The molecule has 0 unspecified atom stereocenters. The highest BCUT2D eigenvalue weighted by Gasteiger charge is 2.01. The van der Waals surface area contributed by atoms with E-state index >= 15 is 0 Å². The molecule has 1 rings (SSSR count). The van der Waals surface area contributed by atoms with Crippen molar-refractivity contribution in [3.8, 4) is 0 Å². The zero-order valence-corrected chi connectivity index (χ0v) is 9.23. The molecule has 7 nitrogen and oxygen atoms in total. The van der Waals surface area contributed by atoms with Gasteiger partial charge < -0.3 is 19.9 Å². The Kier molecular flexibility index (Phi) is 6.12. The van der Waals surface area contributed by atoms with E-state index in [9.17, 15) is 4.79 Å². The zero-order valence-electron chi connectivity index (χ0n) is 9.23. The van der Waals surface area contributed by atoms with E-state index in [-0.39, 0.29) is 12.5 Å². The third kappa shape index (κ3) is 5.42. The Labute approximate surface area is 93.5 Å². The Morgan fingerprint density at radius 3 is 3.12 bits per heavy atom. The molecule has 1 amide bonds. The molecule has 2 N–H and O–H groups in total. The van der Waals surface area contributed by atoms with Crippen molar-refractivity contribution < 1.29 is 14.1 Å². The second kappa shape index (κ2) is 7.77. The third-order valence-corrected chi connectivity index (χ3v) is 1.85. The normalized spacial score (nSPS) is 10.3. The number of nitrogens with one attached hydrogen (secondary N) is 2. The van der Waals surface area contributed by atoms with Crippen LogP contribution in [0.15, 0.2) is 10.9 Å². The number of hydrogen-bond donors (Lipinski definition) is 2. The Balaban J connectivity index is 1.98. The molecular weight excluding hydrogens is 212 g/mol. The number of amides is 1. The van der Waals surface area contributed by atoms with Crippen molar-refractivity contribution in [3.63, 3.8) is 0 Å². The summed E-state index contributed by atoms with van der Waals surface area (Å²) in [6.07, 6.45) is 1.84. The quantitative estimate of drug-likeness (QED) is 0.553. The second-order valence-electron chi connectivity index (χ2n) is 3.12. The molecule has 0 fully saturated rings. The molecule has 1 aromatic heterocycles. The van der Waals surface area contributed by atoms with Crippen LogP contribution in [0.2, 0.25) is 0 Å². The summed E-state index contributed by atoms with van der Waals surface area (Å²) in [6, 6.07) is 0. The van der Waals surface area contributed by atoms with Crippen molar-refractivity contribution in [2.75, 3.05) is 33.4 Å². The maximum atomic E-state index is 11.3. The van der Waals surface area contributed by atoms with Crippen molar-refractivity contribution in [2.45, 2.75) is 6.42 Å². The molecule has 0 aliphatic rings. The molecule has 90 valence electrons. The van der Waals surface area contributed by atoms with Crippen LogP contribution < -0.4 is 10.6 Å². The fourth-order valence-corrected chi connectivity index (χ4v) is 1.05. The summed E-state index contributed by atoms with van der Waals surface area (Å²) in [6.45, 7) is 2.05. The topological polar surface area (TPSA) is 89.3 Å². The van der Waals surface area contributed by atoms with Gasteiger partial charge in [-0.25, -0.2) is 0 Å². The van der Waals surface area contributed by atoms with Gasteiger partial charge in [0.1, 0.15) is 0 Å². The SMILES string of the molecule is COCCNCC(=O)NCCc1ncon1. The van der Waals surface area contributed by atoms with Crippen molar-refractivity contribution in [1.82, 2.24) is 20.8 Å². The highest BCUT2D eigenvalue weighted by Crippen LogP contribution is 1.87. The fourth-order valence-electron chi connectivity index (χ4n) is 1.05. The molecule has 0 atom stereocenters. The lowest BCUT2D eigenvalue weighted by molar-refractivity contribution is -0.120. The molecule has 16 heavy (non-hydrogen) atoms. The van der Waals surface area contributed by atoms with Crippen molar-refractivity contribution in [3.05, 3.63) is 12.2 Å². The van der Waals surface area contributed by atoms with E-state index in [4.69, 9.17) is 4.74 Å². The first-order valence-corrected chi connectivity index (χ1v) is 5.04. The largest absolute Gasteiger partial charge is 0.383 e. The fraction of sp³-hybridized carbons (Fsp3) is 0.667. The Hall–Kier alpha value is -1.47. The average Bonchev–Trinajstić information content (AvgIpc) is 2.77. The van der Waals surface area contributed by atoms with Crippen molar-refractivity contribution in [2.24, 2.45) is 0 Å². The van der Waals surface area contributed by atoms with Gasteiger partial charge in [-0.3, -0.25) is 4.79 Å². The molecule has 7 heteroatoms. The monoisotopic (exact) mass is 228 g/mol. The van der Waals surface area contributed by atoms with Crippen molar-refractivity contribution >= 4 is 5.91 Å². The number of ether oxygens (including phenoxy) is 1. The van der Waals surface area contributed by atoms with Gasteiger partial charge in [-0.15, -0.1) is 0 Å². The highest BCUT2D eigenvalue weighted by molar-refractivity contribution is 5.77. The minimum absolute atomic E-state index is 0.0559. The maximum Gasteiger partial charge on any atom is 0.233 e. The average molecular weight is 228 g/mol. The van der Waals surface area contributed by atoms with Gasteiger partial charge in [-0.1, -0.05) is 5.16 Å². The third-order valence-electron chi connectivity index (χ3n) is 1.85. The molecule has 1 aromatic rings. The van der Waals surface area contributed by atoms with Crippen LogP contribution in [-0.4, -0.2) is 49.4 Å². The van der Waals surface area contributed by atoms with E-state index in [0.29, 0.717) is 31.9 Å². The van der Waals surface area contributed by atoms with E-state index < -0.39 is 0 Å². The van der Waals surface area contributed by atoms with E-state index in [1.807, 2.05) is 0 Å². The lowest BCUT2D eigenvalue weighted by atomic mass is 10.4. The maximum absolute atomic E-state index is 11.3. The zero-order chi connectivity index (χ0) is 11.6. The number of carbonyl (C=O) groups is 1. The number of hydrogen-bond acceptors (Lipinski definition) is 6. The lowest BCUT2D eigenvalue weighted by Crippen LogP contribution is -2.36.